The fraction of sp³-hybridized carbons (Fsp3) is 0.550. The molecule has 1 N–H and O–H groups in total. The van der Waals surface area contributed by atoms with Crippen molar-refractivity contribution in [3.05, 3.63) is 29.8 Å². The lowest BCUT2D eigenvalue weighted by molar-refractivity contribution is -0.143. The quantitative estimate of drug-likeness (QED) is 0.780. The molecule has 2 aliphatic heterocycles. The van der Waals surface area contributed by atoms with Crippen LogP contribution in [-0.2, 0) is 19.8 Å². The zero-order valence-corrected chi connectivity index (χ0v) is 15.8. The predicted molar refractivity (Wildman–Crippen MR) is 98.1 cm³/mol. The van der Waals surface area contributed by atoms with E-state index in [2.05, 4.69) is 0 Å². The van der Waals surface area contributed by atoms with E-state index in [9.17, 15) is 19.5 Å². The van der Waals surface area contributed by atoms with Crippen LogP contribution in [0.1, 0.15) is 37.7 Å². The van der Waals surface area contributed by atoms with Gasteiger partial charge in [-0.25, -0.2) is 0 Å². The summed E-state index contributed by atoms with van der Waals surface area (Å²) in [7, 11) is 2.98. The molecule has 0 bridgehead atoms. The Kier molecular flexibility index (Phi) is 5.51. The van der Waals surface area contributed by atoms with Gasteiger partial charge in [0.1, 0.15) is 5.75 Å². The van der Waals surface area contributed by atoms with Gasteiger partial charge in [0.25, 0.3) is 0 Å². The maximum absolute atomic E-state index is 13.1. The van der Waals surface area contributed by atoms with Crippen LogP contribution in [0.3, 0.4) is 0 Å². The number of aliphatic hydroxyl groups excluding tert-OH is 1. The molecule has 27 heavy (non-hydrogen) atoms. The second kappa shape index (κ2) is 7.68. The number of nitrogens with zero attached hydrogens (tertiary/aromatic N) is 2. The highest BCUT2D eigenvalue weighted by Gasteiger charge is 2.53. The van der Waals surface area contributed by atoms with E-state index in [1.165, 1.54) is 14.2 Å². The third-order valence-corrected chi connectivity index (χ3v) is 5.77. The molecule has 2 saturated heterocycles. The van der Waals surface area contributed by atoms with Crippen molar-refractivity contribution in [2.24, 2.45) is 0 Å². The number of benzene rings is 1. The minimum Gasteiger partial charge on any atom is -0.497 e. The van der Waals surface area contributed by atoms with Crippen LogP contribution >= 0.6 is 0 Å². The van der Waals surface area contributed by atoms with Crippen LogP contribution in [0.15, 0.2) is 24.3 Å². The zero-order chi connectivity index (χ0) is 19.6. The summed E-state index contributed by atoms with van der Waals surface area (Å²) in [5.41, 5.74) is -0.620. The van der Waals surface area contributed by atoms with E-state index in [0.29, 0.717) is 17.9 Å². The van der Waals surface area contributed by atoms with Crippen molar-refractivity contribution in [1.82, 2.24) is 9.80 Å². The molecular weight excluding hydrogens is 348 g/mol. The maximum atomic E-state index is 13.1. The van der Waals surface area contributed by atoms with Crippen molar-refractivity contribution in [2.45, 2.75) is 43.6 Å². The highest BCUT2D eigenvalue weighted by molar-refractivity contribution is 6.10. The van der Waals surface area contributed by atoms with Gasteiger partial charge in [-0.1, -0.05) is 12.1 Å². The lowest BCUT2D eigenvalue weighted by Crippen LogP contribution is -2.49. The molecule has 3 rings (SSSR count). The topological polar surface area (TPSA) is 87.2 Å². The van der Waals surface area contributed by atoms with Gasteiger partial charge < -0.3 is 14.7 Å². The minimum atomic E-state index is -1.23. The Morgan fingerprint density at radius 2 is 2.11 bits per heavy atom. The Labute approximate surface area is 158 Å². The minimum absolute atomic E-state index is 0.0428. The highest BCUT2D eigenvalue weighted by Crippen LogP contribution is 2.41. The molecule has 0 radical (unpaired) electrons. The summed E-state index contributed by atoms with van der Waals surface area (Å²) >= 11 is 0. The third kappa shape index (κ3) is 3.43. The van der Waals surface area contributed by atoms with Gasteiger partial charge in [0.15, 0.2) is 0 Å². The smallest absolute Gasteiger partial charge is 0.240 e. The fourth-order valence-corrected chi connectivity index (χ4v) is 4.15. The number of piperidine rings is 1. The predicted octanol–water partition coefficient (Wildman–Crippen LogP) is 1.09. The maximum Gasteiger partial charge on any atom is 0.240 e. The normalized spacial score (nSPS) is 25.8. The molecule has 7 heteroatoms. The van der Waals surface area contributed by atoms with Gasteiger partial charge in [-0.15, -0.1) is 0 Å². The molecule has 0 aliphatic carbocycles. The number of rotatable bonds is 5. The van der Waals surface area contributed by atoms with Crippen LogP contribution < -0.4 is 4.74 Å². The Morgan fingerprint density at radius 1 is 1.33 bits per heavy atom. The number of aliphatic hydroxyl groups is 1. The van der Waals surface area contributed by atoms with Gasteiger partial charge in [-0.3, -0.25) is 19.3 Å². The van der Waals surface area contributed by atoms with Gasteiger partial charge in [0.05, 0.1) is 25.2 Å². The number of methoxy groups -OCH3 is 1. The Morgan fingerprint density at radius 3 is 2.74 bits per heavy atom. The molecule has 7 nitrogen and oxygen atoms in total. The number of hydrogen-bond donors (Lipinski definition) is 1. The first kappa shape index (κ1) is 19.4. The molecule has 2 heterocycles. The third-order valence-electron chi connectivity index (χ3n) is 5.77. The first-order valence-corrected chi connectivity index (χ1v) is 9.29. The van der Waals surface area contributed by atoms with Crippen LogP contribution in [0.4, 0.5) is 0 Å². The first-order chi connectivity index (χ1) is 12.9. The summed E-state index contributed by atoms with van der Waals surface area (Å²) in [5.74, 6) is -0.298. The van der Waals surface area contributed by atoms with Gasteiger partial charge in [-0.05, 0) is 37.0 Å². The highest BCUT2D eigenvalue weighted by atomic mass is 16.5. The van der Waals surface area contributed by atoms with Crippen molar-refractivity contribution in [3.8, 4) is 5.75 Å². The van der Waals surface area contributed by atoms with Gasteiger partial charge in [-0.2, -0.15) is 0 Å². The number of ether oxygens (including phenoxy) is 1. The van der Waals surface area contributed by atoms with Crippen molar-refractivity contribution >= 4 is 17.7 Å². The monoisotopic (exact) mass is 374 g/mol. The summed E-state index contributed by atoms with van der Waals surface area (Å²) in [6.07, 6.45) is 2.46. The van der Waals surface area contributed by atoms with Crippen LogP contribution in [0.2, 0.25) is 0 Å². The van der Waals surface area contributed by atoms with E-state index in [1.54, 1.807) is 29.2 Å². The van der Waals surface area contributed by atoms with Crippen LogP contribution in [0.5, 0.6) is 5.75 Å². The van der Waals surface area contributed by atoms with E-state index in [-0.39, 0.29) is 43.2 Å². The number of hydrogen-bond acceptors (Lipinski definition) is 5. The number of likely N-dealkylation sites (N-methyl/N-ethyl adjacent to an activating group) is 1. The molecule has 0 saturated carbocycles. The average Bonchev–Trinajstić information content (AvgIpc) is 2.92. The van der Waals surface area contributed by atoms with Crippen molar-refractivity contribution in [2.75, 3.05) is 27.3 Å². The van der Waals surface area contributed by atoms with Crippen LogP contribution in [0, 0.1) is 0 Å². The lowest BCUT2D eigenvalue weighted by atomic mass is 9.75. The summed E-state index contributed by atoms with van der Waals surface area (Å²) in [6.45, 7) is 0.473. The first-order valence-electron chi connectivity index (χ1n) is 9.29. The fourth-order valence-electron chi connectivity index (χ4n) is 4.15. The Balaban J connectivity index is 1.97. The van der Waals surface area contributed by atoms with E-state index in [4.69, 9.17) is 4.74 Å². The molecule has 1 aromatic rings. The summed E-state index contributed by atoms with van der Waals surface area (Å²) in [5, 5.41) is 9.62. The molecule has 3 amide bonds. The summed E-state index contributed by atoms with van der Waals surface area (Å²) in [6, 6.07) is 6.78. The Bertz CT molecular complexity index is 750. The zero-order valence-electron chi connectivity index (χ0n) is 15.8. The van der Waals surface area contributed by atoms with Crippen LogP contribution in [0.25, 0.3) is 0 Å². The number of imide groups is 1. The molecule has 0 aromatic heterocycles. The van der Waals surface area contributed by atoms with E-state index >= 15 is 0 Å². The average molecular weight is 374 g/mol. The van der Waals surface area contributed by atoms with Gasteiger partial charge >= 0.3 is 0 Å². The molecule has 2 fully saturated rings. The van der Waals surface area contributed by atoms with E-state index < -0.39 is 5.41 Å². The molecular formula is C20H26N2O5. The second-order valence-electron chi connectivity index (χ2n) is 7.34. The van der Waals surface area contributed by atoms with Crippen molar-refractivity contribution in [1.29, 1.82) is 0 Å². The second-order valence-corrected chi connectivity index (χ2v) is 7.34. The van der Waals surface area contributed by atoms with Crippen molar-refractivity contribution < 1.29 is 24.2 Å². The van der Waals surface area contributed by atoms with E-state index in [0.717, 1.165) is 24.2 Å². The Hall–Kier alpha value is -2.41. The number of carbonyl (C=O) groups excluding carboxylic acids is 3. The number of amides is 3. The SMILES string of the molecule is COc1cccc(C2(CC(=O)N3CCCCC3CO)CC(=O)N(C)C2=O)c1. The van der Waals surface area contributed by atoms with E-state index in [1.807, 2.05) is 0 Å². The molecule has 2 aliphatic rings. The lowest BCUT2D eigenvalue weighted by Gasteiger charge is -2.37. The molecule has 2 atom stereocenters. The molecule has 146 valence electrons. The standard InChI is InChI=1S/C20H26N2O5/c1-21-17(24)11-20(19(21)26,14-6-5-8-16(10-14)27-2)12-18(25)22-9-4-3-7-15(22)13-23/h5-6,8,10,15,23H,3-4,7,9,11-13H2,1-2H3. The van der Waals surface area contributed by atoms with Gasteiger partial charge in [0.2, 0.25) is 17.7 Å². The molecule has 1 aromatic carbocycles. The largest absolute Gasteiger partial charge is 0.497 e. The number of likely N-dealkylation sites (tertiary alicyclic amines) is 2. The summed E-state index contributed by atoms with van der Waals surface area (Å²) < 4.78 is 5.27. The molecule has 2 unspecified atom stereocenters. The number of carbonyl (C=O) groups is 3. The molecule has 0 spiro atoms. The van der Waals surface area contributed by atoms with Crippen LogP contribution in [-0.4, -0.2) is 66.0 Å². The van der Waals surface area contributed by atoms with Crippen molar-refractivity contribution in [3.63, 3.8) is 0 Å². The summed E-state index contributed by atoms with van der Waals surface area (Å²) in [4.78, 5) is 41.3. The van der Waals surface area contributed by atoms with Gasteiger partial charge in [0, 0.05) is 26.4 Å².